The zero-order chi connectivity index (χ0) is 14.0. The van der Waals surface area contributed by atoms with Crippen LogP contribution in [0.2, 0.25) is 0 Å². The molecule has 1 unspecified atom stereocenters. The molecule has 5 nitrogen and oxygen atoms in total. The first-order valence-corrected chi connectivity index (χ1v) is 7.42. The second kappa shape index (κ2) is 6.04. The molecule has 104 valence electrons. The molecule has 2 rings (SSSR count). The third-order valence-electron chi connectivity index (χ3n) is 3.87. The lowest BCUT2D eigenvalue weighted by molar-refractivity contribution is 0.117. The molecule has 1 atom stereocenters. The zero-order valence-electron chi connectivity index (χ0n) is 11.7. The van der Waals surface area contributed by atoms with E-state index in [1.807, 2.05) is 18.5 Å². The van der Waals surface area contributed by atoms with E-state index in [-0.39, 0.29) is 6.04 Å². The van der Waals surface area contributed by atoms with Crippen LogP contribution < -0.4 is 0 Å². The fourth-order valence-corrected chi connectivity index (χ4v) is 3.00. The molecule has 0 spiro atoms. The van der Waals surface area contributed by atoms with E-state index in [9.17, 15) is 5.26 Å². The van der Waals surface area contributed by atoms with Crippen LogP contribution in [0.1, 0.15) is 24.5 Å². The molecule has 1 aromatic heterocycles. The van der Waals surface area contributed by atoms with Crippen molar-refractivity contribution >= 4 is 15.9 Å². The lowest BCUT2D eigenvalue weighted by Gasteiger charge is -2.35. The number of imidazole rings is 1. The molecule has 1 fully saturated rings. The van der Waals surface area contributed by atoms with E-state index in [4.69, 9.17) is 0 Å². The first kappa shape index (κ1) is 14.5. The van der Waals surface area contributed by atoms with Crippen molar-refractivity contribution in [3.63, 3.8) is 0 Å². The predicted molar refractivity (Wildman–Crippen MR) is 77.7 cm³/mol. The number of hydrogen-bond donors (Lipinski definition) is 0. The van der Waals surface area contributed by atoms with Gasteiger partial charge in [-0.3, -0.25) is 4.90 Å². The summed E-state index contributed by atoms with van der Waals surface area (Å²) >= 11 is 3.55. The Bertz CT molecular complexity index is 482. The van der Waals surface area contributed by atoms with Crippen molar-refractivity contribution in [1.29, 1.82) is 5.26 Å². The van der Waals surface area contributed by atoms with Crippen LogP contribution in [-0.2, 0) is 7.05 Å². The van der Waals surface area contributed by atoms with Gasteiger partial charge in [0, 0.05) is 33.2 Å². The van der Waals surface area contributed by atoms with Gasteiger partial charge in [0.15, 0.2) is 0 Å². The number of piperazine rings is 1. The number of halogens is 1. The smallest absolute Gasteiger partial charge is 0.143 e. The number of likely N-dealkylation sites (N-methyl/N-ethyl adjacent to an activating group) is 1. The minimum Gasteiger partial charge on any atom is -0.326 e. The van der Waals surface area contributed by atoms with Crippen molar-refractivity contribution in [2.24, 2.45) is 7.05 Å². The van der Waals surface area contributed by atoms with Crippen molar-refractivity contribution in [1.82, 2.24) is 19.4 Å². The minimum atomic E-state index is -0.256. The molecule has 1 aliphatic rings. The summed E-state index contributed by atoms with van der Waals surface area (Å²) in [6.07, 6.45) is 0. The van der Waals surface area contributed by atoms with E-state index in [1.165, 1.54) is 0 Å². The summed E-state index contributed by atoms with van der Waals surface area (Å²) in [6, 6.07) is 2.15. The van der Waals surface area contributed by atoms with Crippen LogP contribution in [0.15, 0.2) is 4.60 Å². The second-order valence-corrected chi connectivity index (χ2v) is 5.65. The Kier molecular flexibility index (Phi) is 4.61. The van der Waals surface area contributed by atoms with Gasteiger partial charge in [-0.2, -0.15) is 5.26 Å². The molecule has 0 saturated carbocycles. The summed E-state index contributed by atoms with van der Waals surface area (Å²) < 4.78 is 2.89. The molecule has 1 aliphatic heterocycles. The van der Waals surface area contributed by atoms with Crippen LogP contribution in [0.25, 0.3) is 0 Å². The molecule has 2 heterocycles. The topological polar surface area (TPSA) is 48.1 Å². The highest BCUT2D eigenvalue weighted by atomic mass is 79.9. The standard InChI is InChI=1S/C13H20BrN5/c1-4-18-5-7-19(8-6-18)11(9-15)12-13(14)17(3)10(2)16-12/h11H,4-8H2,1-3H3. The Labute approximate surface area is 122 Å². The van der Waals surface area contributed by atoms with E-state index in [0.717, 1.165) is 48.8 Å². The number of aryl methyl sites for hydroxylation is 1. The molecule has 19 heavy (non-hydrogen) atoms. The van der Waals surface area contributed by atoms with Gasteiger partial charge < -0.3 is 9.47 Å². The Morgan fingerprint density at radius 3 is 2.42 bits per heavy atom. The molecule has 0 aromatic carbocycles. The molecule has 1 saturated heterocycles. The Morgan fingerprint density at radius 2 is 2.00 bits per heavy atom. The van der Waals surface area contributed by atoms with Crippen LogP contribution in [0.3, 0.4) is 0 Å². The normalized spacial score (nSPS) is 19.3. The molecule has 0 aliphatic carbocycles. The number of rotatable bonds is 3. The van der Waals surface area contributed by atoms with Crippen LogP contribution >= 0.6 is 15.9 Å². The maximum absolute atomic E-state index is 9.50. The Hall–Kier alpha value is -0.900. The van der Waals surface area contributed by atoms with Crippen LogP contribution in [0.5, 0.6) is 0 Å². The Balaban J connectivity index is 2.17. The van der Waals surface area contributed by atoms with Gasteiger partial charge in [0.1, 0.15) is 22.2 Å². The van der Waals surface area contributed by atoms with E-state index < -0.39 is 0 Å². The highest BCUT2D eigenvalue weighted by molar-refractivity contribution is 9.10. The van der Waals surface area contributed by atoms with E-state index in [0.29, 0.717) is 0 Å². The lowest BCUT2D eigenvalue weighted by Crippen LogP contribution is -2.47. The summed E-state index contributed by atoms with van der Waals surface area (Å²) in [5.74, 6) is 0.925. The first-order chi connectivity index (χ1) is 9.08. The van der Waals surface area contributed by atoms with Crippen molar-refractivity contribution in [2.75, 3.05) is 32.7 Å². The zero-order valence-corrected chi connectivity index (χ0v) is 13.3. The Morgan fingerprint density at radius 1 is 1.37 bits per heavy atom. The summed E-state index contributed by atoms with van der Waals surface area (Å²) in [5, 5.41) is 9.50. The fourth-order valence-electron chi connectivity index (χ4n) is 2.44. The third-order valence-corrected chi connectivity index (χ3v) is 4.81. The number of nitriles is 1. The average molecular weight is 326 g/mol. The summed E-state index contributed by atoms with van der Waals surface area (Å²) in [4.78, 5) is 9.16. The first-order valence-electron chi connectivity index (χ1n) is 6.63. The number of aromatic nitrogens is 2. The highest BCUT2D eigenvalue weighted by Crippen LogP contribution is 2.28. The van der Waals surface area contributed by atoms with Gasteiger partial charge in [0.25, 0.3) is 0 Å². The van der Waals surface area contributed by atoms with Gasteiger partial charge in [-0.1, -0.05) is 6.92 Å². The molecular formula is C13H20BrN5. The SMILES string of the molecule is CCN1CCN(C(C#N)c2nc(C)n(C)c2Br)CC1. The van der Waals surface area contributed by atoms with Gasteiger partial charge in [0.2, 0.25) is 0 Å². The minimum absolute atomic E-state index is 0.256. The quantitative estimate of drug-likeness (QED) is 0.848. The van der Waals surface area contributed by atoms with Crippen molar-refractivity contribution in [3.05, 3.63) is 16.1 Å². The maximum Gasteiger partial charge on any atom is 0.143 e. The fraction of sp³-hybridized carbons (Fsp3) is 0.692. The molecule has 6 heteroatoms. The van der Waals surface area contributed by atoms with Gasteiger partial charge in [-0.15, -0.1) is 0 Å². The summed E-state index contributed by atoms with van der Waals surface area (Å²) in [6.45, 7) is 9.11. The van der Waals surface area contributed by atoms with Crippen LogP contribution in [-0.4, -0.2) is 52.1 Å². The van der Waals surface area contributed by atoms with Crippen molar-refractivity contribution in [2.45, 2.75) is 19.9 Å². The molecule has 0 radical (unpaired) electrons. The largest absolute Gasteiger partial charge is 0.326 e. The van der Waals surface area contributed by atoms with Crippen molar-refractivity contribution < 1.29 is 0 Å². The predicted octanol–water partition coefficient (Wildman–Crippen LogP) is 1.69. The van der Waals surface area contributed by atoms with E-state index >= 15 is 0 Å². The molecule has 1 aromatic rings. The maximum atomic E-state index is 9.50. The van der Waals surface area contributed by atoms with Gasteiger partial charge in [-0.05, 0) is 29.4 Å². The van der Waals surface area contributed by atoms with Gasteiger partial charge in [-0.25, -0.2) is 4.98 Å². The van der Waals surface area contributed by atoms with E-state index in [1.54, 1.807) is 0 Å². The summed E-state index contributed by atoms with van der Waals surface area (Å²) in [5.41, 5.74) is 0.840. The molecule has 0 N–H and O–H groups in total. The van der Waals surface area contributed by atoms with Crippen molar-refractivity contribution in [3.8, 4) is 6.07 Å². The van der Waals surface area contributed by atoms with Gasteiger partial charge >= 0.3 is 0 Å². The number of nitrogens with zero attached hydrogens (tertiary/aromatic N) is 5. The summed E-state index contributed by atoms with van der Waals surface area (Å²) in [7, 11) is 1.96. The molecule has 0 bridgehead atoms. The average Bonchev–Trinajstić information content (AvgIpc) is 2.68. The lowest BCUT2D eigenvalue weighted by atomic mass is 10.2. The van der Waals surface area contributed by atoms with E-state index in [2.05, 4.69) is 43.7 Å². The second-order valence-electron chi connectivity index (χ2n) is 4.90. The molecular weight excluding hydrogens is 306 g/mol. The third kappa shape index (κ3) is 2.83. The molecule has 0 amide bonds. The number of hydrogen-bond acceptors (Lipinski definition) is 4. The van der Waals surface area contributed by atoms with Crippen LogP contribution in [0.4, 0.5) is 0 Å². The van der Waals surface area contributed by atoms with Crippen LogP contribution in [0, 0.1) is 18.3 Å². The monoisotopic (exact) mass is 325 g/mol. The van der Waals surface area contributed by atoms with Gasteiger partial charge in [0.05, 0.1) is 6.07 Å². The highest BCUT2D eigenvalue weighted by Gasteiger charge is 2.28.